The average molecular weight is 266 g/mol. The summed E-state index contributed by atoms with van der Waals surface area (Å²) in [6.45, 7) is 4.11. The van der Waals surface area contributed by atoms with Gasteiger partial charge in [0.05, 0.1) is 5.56 Å². The van der Waals surface area contributed by atoms with Gasteiger partial charge in [-0.3, -0.25) is 4.79 Å². The van der Waals surface area contributed by atoms with Crippen molar-refractivity contribution in [1.29, 1.82) is 0 Å². The van der Waals surface area contributed by atoms with Crippen molar-refractivity contribution in [1.82, 2.24) is 0 Å². The van der Waals surface area contributed by atoms with Gasteiger partial charge < -0.3 is 4.74 Å². The van der Waals surface area contributed by atoms with Crippen LogP contribution in [0.4, 0.5) is 0 Å². The molecular weight excluding hydrogens is 248 g/mol. The van der Waals surface area contributed by atoms with Crippen LogP contribution in [-0.2, 0) is 0 Å². The van der Waals surface area contributed by atoms with Gasteiger partial charge in [-0.05, 0) is 24.6 Å². The van der Waals surface area contributed by atoms with Crippen molar-refractivity contribution in [3.63, 3.8) is 0 Å². The van der Waals surface area contributed by atoms with E-state index in [0.717, 1.165) is 16.9 Å². The van der Waals surface area contributed by atoms with Gasteiger partial charge in [0.1, 0.15) is 11.9 Å². The van der Waals surface area contributed by atoms with Crippen LogP contribution in [0.5, 0.6) is 5.75 Å². The molecule has 0 fully saturated rings. The van der Waals surface area contributed by atoms with Crippen LogP contribution in [0.25, 0.3) is 0 Å². The molecule has 2 atom stereocenters. The van der Waals surface area contributed by atoms with Crippen LogP contribution in [0, 0.1) is 6.92 Å². The van der Waals surface area contributed by atoms with E-state index in [1.807, 2.05) is 43.3 Å². The van der Waals surface area contributed by atoms with Gasteiger partial charge in [0, 0.05) is 12.3 Å². The Labute approximate surface area is 119 Å². The van der Waals surface area contributed by atoms with Crippen LogP contribution in [0.15, 0.2) is 48.5 Å². The van der Waals surface area contributed by atoms with Gasteiger partial charge in [-0.2, -0.15) is 0 Å². The van der Waals surface area contributed by atoms with Gasteiger partial charge in [-0.15, -0.1) is 0 Å². The zero-order valence-electron chi connectivity index (χ0n) is 11.8. The van der Waals surface area contributed by atoms with Gasteiger partial charge in [0.25, 0.3) is 0 Å². The molecule has 1 heterocycles. The van der Waals surface area contributed by atoms with E-state index in [1.54, 1.807) is 0 Å². The zero-order valence-corrected chi connectivity index (χ0v) is 11.8. The van der Waals surface area contributed by atoms with E-state index in [2.05, 4.69) is 19.1 Å². The summed E-state index contributed by atoms with van der Waals surface area (Å²) in [6.07, 6.45) is 0.368. The Balaban J connectivity index is 1.88. The van der Waals surface area contributed by atoms with E-state index >= 15 is 0 Å². The highest BCUT2D eigenvalue weighted by atomic mass is 16.5. The molecule has 1 aliphatic heterocycles. The summed E-state index contributed by atoms with van der Waals surface area (Å²) in [7, 11) is 0. The fourth-order valence-electron chi connectivity index (χ4n) is 2.71. The smallest absolute Gasteiger partial charge is 0.170 e. The molecule has 0 radical (unpaired) electrons. The molecule has 2 aromatic rings. The monoisotopic (exact) mass is 266 g/mol. The predicted octanol–water partition coefficient (Wildman–Crippen LogP) is 4.13. The predicted molar refractivity (Wildman–Crippen MR) is 79.4 cm³/mol. The van der Waals surface area contributed by atoms with Crippen molar-refractivity contribution in [3.05, 3.63) is 65.2 Å². The van der Waals surface area contributed by atoms with Crippen LogP contribution < -0.4 is 4.74 Å². The fourth-order valence-corrected chi connectivity index (χ4v) is 2.71. The van der Waals surface area contributed by atoms with Crippen LogP contribution in [0.1, 0.15) is 40.7 Å². The van der Waals surface area contributed by atoms with Crippen molar-refractivity contribution in [2.24, 2.45) is 0 Å². The summed E-state index contributed by atoms with van der Waals surface area (Å²) in [5, 5.41) is 0. The maximum Gasteiger partial charge on any atom is 0.170 e. The Morgan fingerprint density at radius 3 is 2.65 bits per heavy atom. The highest BCUT2D eigenvalue weighted by Crippen LogP contribution is 2.34. The lowest BCUT2D eigenvalue weighted by Gasteiger charge is -2.30. The minimum atomic E-state index is -0.0832. The lowest BCUT2D eigenvalue weighted by Crippen LogP contribution is -2.31. The Morgan fingerprint density at radius 2 is 1.90 bits per heavy atom. The number of ether oxygens (including phenoxy) is 1. The number of hydrogen-bond acceptors (Lipinski definition) is 2. The van der Waals surface area contributed by atoms with E-state index in [-0.39, 0.29) is 17.8 Å². The van der Waals surface area contributed by atoms with Crippen molar-refractivity contribution in [3.8, 4) is 5.75 Å². The third-order valence-corrected chi connectivity index (χ3v) is 3.98. The van der Waals surface area contributed by atoms with E-state index < -0.39 is 0 Å². The van der Waals surface area contributed by atoms with E-state index in [0.29, 0.717) is 6.42 Å². The minimum absolute atomic E-state index is 0.0832. The molecule has 0 spiro atoms. The second-order valence-corrected chi connectivity index (χ2v) is 5.48. The molecule has 2 heteroatoms. The van der Waals surface area contributed by atoms with Crippen LogP contribution in [0.2, 0.25) is 0 Å². The Kier molecular flexibility index (Phi) is 3.31. The highest BCUT2D eigenvalue weighted by molar-refractivity contribution is 6.00. The number of Topliss-reactive ketones (excluding diaryl/α,β-unsaturated/α-hetero) is 1. The molecule has 0 bridgehead atoms. The third-order valence-electron chi connectivity index (χ3n) is 3.98. The second-order valence-electron chi connectivity index (χ2n) is 5.48. The Hall–Kier alpha value is -2.09. The second kappa shape index (κ2) is 5.12. The maximum absolute atomic E-state index is 12.3. The number of rotatable bonds is 2. The number of hydrogen-bond donors (Lipinski definition) is 0. The fraction of sp³-hybridized carbons (Fsp3) is 0.278. The summed E-state index contributed by atoms with van der Waals surface area (Å²) < 4.78 is 6.05. The first-order valence-electron chi connectivity index (χ1n) is 7.00. The summed E-state index contributed by atoms with van der Waals surface area (Å²) in [6, 6.07) is 16.0. The Morgan fingerprint density at radius 1 is 1.15 bits per heavy atom. The normalized spacial score (nSPS) is 19.1. The molecular formula is C18H18O2. The molecule has 2 aromatic carbocycles. The lowest BCUT2D eigenvalue weighted by atomic mass is 9.88. The molecule has 0 aliphatic carbocycles. The minimum Gasteiger partial charge on any atom is -0.489 e. The van der Waals surface area contributed by atoms with Crippen LogP contribution in [0.3, 0.4) is 0 Å². The van der Waals surface area contributed by atoms with Crippen LogP contribution in [-0.4, -0.2) is 11.9 Å². The molecule has 0 N–H and O–H groups in total. The quantitative estimate of drug-likeness (QED) is 0.816. The first-order valence-corrected chi connectivity index (χ1v) is 7.00. The first-order chi connectivity index (χ1) is 9.65. The largest absolute Gasteiger partial charge is 0.489 e. The van der Waals surface area contributed by atoms with E-state index in [9.17, 15) is 4.79 Å². The number of carbonyl (C=O) groups excluding carboxylic acids is 1. The number of fused-ring (bicyclic) bond motifs is 1. The Bertz CT molecular complexity index is 631. The van der Waals surface area contributed by atoms with Gasteiger partial charge in [0.15, 0.2) is 5.78 Å². The molecule has 0 saturated carbocycles. The van der Waals surface area contributed by atoms with Crippen molar-refractivity contribution < 1.29 is 9.53 Å². The number of ketones is 1. The number of benzene rings is 2. The number of aryl methyl sites for hydroxylation is 1. The van der Waals surface area contributed by atoms with E-state index in [1.165, 1.54) is 5.56 Å². The van der Waals surface area contributed by atoms with Crippen molar-refractivity contribution in [2.75, 3.05) is 0 Å². The van der Waals surface area contributed by atoms with Gasteiger partial charge in [-0.25, -0.2) is 0 Å². The molecule has 3 rings (SSSR count). The topological polar surface area (TPSA) is 26.3 Å². The molecule has 0 aromatic heterocycles. The first kappa shape index (κ1) is 12.9. The average Bonchev–Trinajstić information content (AvgIpc) is 2.48. The molecule has 0 saturated heterocycles. The molecule has 20 heavy (non-hydrogen) atoms. The van der Waals surface area contributed by atoms with Crippen molar-refractivity contribution >= 4 is 5.78 Å². The zero-order chi connectivity index (χ0) is 14.1. The highest BCUT2D eigenvalue weighted by Gasteiger charge is 2.30. The molecule has 0 amide bonds. The summed E-state index contributed by atoms with van der Waals surface area (Å²) in [5.74, 6) is 1.11. The maximum atomic E-state index is 12.3. The van der Waals surface area contributed by atoms with Crippen LogP contribution >= 0.6 is 0 Å². The lowest BCUT2D eigenvalue weighted by molar-refractivity contribution is 0.0817. The summed E-state index contributed by atoms with van der Waals surface area (Å²) >= 11 is 0. The van der Waals surface area contributed by atoms with E-state index in [4.69, 9.17) is 4.74 Å². The van der Waals surface area contributed by atoms with Gasteiger partial charge in [-0.1, -0.05) is 48.9 Å². The van der Waals surface area contributed by atoms with Gasteiger partial charge >= 0.3 is 0 Å². The molecule has 2 nitrogen and oxygen atoms in total. The summed E-state index contributed by atoms with van der Waals surface area (Å²) in [4.78, 5) is 12.3. The van der Waals surface area contributed by atoms with Crippen molar-refractivity contribution in [2.45, 2.75) is 32.3 Å². The molecule has 102 valence electrons. The molecule has 2 unspecified atom stereocenters. The third kappa shape index (κ3) is 2.34. The standard InChI is InChI=1S/C18H18O2/c1-12-8-9-17-15(10-12)16(19)11-18(20-17)13(2)14-6-4-3-5-7-14/h3-10,13,18H,11H2,1-2H3. The SMILES string of the molecule is Cc1ccc2c(c1)C(=O)CC(C(C)c1ccccc1)O2. The summed E-state index contributed by atoms with van der Waals surface area (Å²) in [5.41, 5.74) is 3.03. The molecule has 1 aliphatic rings. The van der Waals surface area contributed by atoms with Gasteiger partial charge in [0.2, 0.25) is 0 Å². The number of carbonyl (C=O) groups is 1.